The van der Waals surface area contributed by atoms with Crippen molar-refractivity contribution in [1.29, 1.82) is 0 Å². The molecule has 2 heterocycles. The summed E-state index contributed by atoms with van der Waals surface area (Å²) >= 11 is 7.33. The molecule has 2 aromatic heterocycles. The van der Waals surface area contributed by atoms with Crippen LogP contribution in [0.3, 0.4) is 0 Å². The van der Waals surface area contributed by atoms with Gasteiger partial charge in [0.05, 0.1) is 12.3 Å². The molecule has 2 aromatic carbocycles. The molecule has 4 aromatic rings. The Bertz CT molecular complexity index is 1430. The number of benzene rings is 2. The van der Waals surface area contributed by atoms with Crippen molar-refractivity contribution in [3.05, 3.63) is 86.0 Å². The summed E-state index contributed by atoms with van der Waals surface area (Å²) in [5, 5.41) is 3.86. The van der Waals surface area contributed by atoms with Crippen molar-refractivity contribution < 1.29 is 4.79 Å². The van der Waals surface area contributed by atoms with E-state index >= 15 is 0 Å². The van der Waals surface area contributed by atoms with Crippen LogP contribution < -0.4 is 16.6 Å². The molecule has 0 spiro atoms. The van der Waals surface area contributed by atoms with Crippen molar-refractivity contribution in [3.63, 3.8) is 0 Å². The van der Waals surface area contributed by atoms with Gasteiger partial charge in [-0.25, -0.2) is 9.78 Å². The molecule has 0 unspecified atom stereocenters. The first kappa shape index (κ1) is 21.9. The maximum absolute atomic E-state index is 12.9. The van der Waals surface area contributed by atoms with Gasteiger partial charge in [0, 0.05) is 24.8 Å². The molecule has 0 aliphatic rings. The summed E-state index contributed by atoms with van der Waals surface area (Å²) in [4.78, 5) is 42.3. The molecule has 0 fully saturated rings. The minimum absolute atomic E-state index is 0.0853. The van der Waals surface area contributed by atoms with Crippen molar-refractivity contribution >= 4 is 46.1 Å². The topological polar surface area (TPSA) is 90.9 Å². The van der Waals surface area contributed by atoms with E-state index in [0.29, 0.717) is 27.9 Å². The molecule has 4 rings (SSSR count). The van der Waals surface area contributed by atoms with Gasteiger partial charge >= 0.3 is 5.69 Å². The third-order valence-corrected chi connectivity index (χ3v) is 6.14. The van der Waals surface area contributed by atoms with Crippen LogP contribution in [0, 0.1) is 0 Å². The van der Waals surface area contributed by atoms with Crippen LogP contribution in [0.5, 0.6) is 0 Å². The Labute approximate surface area is 192 Å². The van der Waals surface area contributed by atoms with Crippen LogP contribution in [0.15, 0.2) is 69.3 Å². The molecule has 0 bridgehead atoms. The lowest BCUT2D eigenvalue weighted by Gasteiger charge is -2.10. The van der Waals surface area contributed by atoms with E-state index in [1.165, 1.54) is 23.4 Å². The van der Waals surface area contributed by atoms with Crippen LogP contribution in [0.4, 0.5) is 5.69 Å². The lowest BCUT2D eigenvalue weighted by molar-refractivity contribution is -0.113. The van der Waals surface area contributed by atoms with Crippen LogP contribution >= 0.6 is 23.4 Å². The number of hydrogen-bond donors (Lipinski definition) is 1. The fraction of sp³-hybridized carbons (Fsp3) is 0.182. The number of carbonyl (C=O) groups excluding carboxylic acids is 1. The van der Waals surface area contributed by atoms with Gasteiger partial charge in [-0.1, -0.05) is 53.7 Å². The number of halogens is 1. The molecule has 0 aliphatic carbocycles. The van der Waals surface area contributed by atoms with E-state index in [1.54, 1.807) is 35.9 Å². The number of amides is 1. The summed E-state index contributed by atoms with van der Waals surface area (Å²) in [6, 6.07) is 16.4. The summed E-state index contributed by atoms with van der Waals surface area (Å²) in [7, 11) is 3.00. The fourth-order valence-corrected chi connectivity index (χ4v) is 4.36. The number of aromatic nitrogens is 4. The van der Waals surface area contributed by atoms with E-state index in [2.05, 4.69) is 10.3 Å². The lowest BCUT2D eigenvalue weighted by atomic mass is 10.2. The van der Waals surface area contributed by atoms with E-state index in [1.807, 2.05) is 30.3 Å². The maximum atomic E-state index is 12.9. The molecule has 8 nitrogen and oxygen atoms in total. The first-order valence-corrected chi connectivity index (χ1v) is 11.1. The third-order valence-electron chi connectivity index (χ3n) is 4.93. The number of nitrogens with one attached hydrogen (secondary N) is 1. The molecule has 32 heavy (non-hydrogen) atoms. The Morgan fingerprint density at radius 2 is 1.81 bits per heavy atom. The number of hydrogen-bond acceptors (Lipinski definition) is 5. The molecule has 0 saturated carbocycles. The zero-order valence-electron chi connectivity index (χ0n) is 17.4. The lowest BCUT2D eigenvalue weighted by Crippen LogP contribution is -2.37. The molecule has 0 saturated heterocycles. The normalized spacial score (nSPS) is 11.1. The second-order valence-electron chi connectivity index (χ2n) is 7.19. The molecule has 1 amide bonds. The highest BCUT2D eigenvalue weighted by atomic mass is 35.5. The number of carbonyl (C=O) groups is 1. The fourth-order valence-electron chi connectivity index (χ4n) is 3.35. The monoisotopic (exact) mass is 469 g/mol. The van der Waals surface area contributed by atoms with Gasteiger partial charge in [0.1, 0.15) is 0 Å². The molecule has 10 heteroatoms. The van der Waals surface area contributed by atoms with Crippen molar-refractivity contribution in [3.8, 4) is 0 Å². The summed E-state index contributed by atoms with van der Waals surface area (Å²) in [6.45, 7) is 0.313. The van der Waals surface area contributed by atoms with Gasteiger partial charge in [-0.3, -0.25) is 18.7 Å². The van der Waals surface area contributed by atoms with Gasteiger partial charge in [0.15, 0.2) is 16.3 Å². The second-order valence-corrected chi connectivity index (χ2v) is 8.57. The average Bonchev–Trinajstić information content (AvgIpc) is 3.14. The van der Waals surface area contributed by atoms with Crippen LogP contribution in [0.25, 0.3) is 11.2 Å². The van der Waals surface area contributed by atoms with E-state index in [-0.39, 0.29) is 17.3 Å². The zero-order chi connectivity index (χ0) is 22.8. The number of para-hydroxylation sites is 1. The quantitative estimate of drug-likeness (QED) is 0.438. The maximum Gasteiger partial charge on any atom is 0.332 e. The van der Waals surface area contributed by atoms with Crippen LogP contribution in [0.2, 0.25) is 5.02 Å². The van der Waals surface area contributed by atoms with Gasteiger partial charge in [-0.05, 0) is 29.8 Å². The first-order chi connectivity index (χ1) is 15.3. The summed E-state index contributed by atoms with van der Waals surface area (Å²) in [5.41, 5.74) is 1.21. The smallest absolute Gasteiger partial charge is 0.325 e. The van der Waals surface area contributed by atoms with E-state index in [4.69, 9.17) is 11.6 Å². The SMILES string of the molecule is Cn1c(=O)c2c(nc(SCC(=O)Nc3ccccc3)n2Cc2cccc(Cl)c2)n(C)c1=O. The molecule has 0 radical (unpaired) electrons. The minimum atomic E-state index is -0.465. The largest absolute Gasteiger partial charge is 0.332 e. The van der Waals surface area contributed by atoms with Crippen molar-refractivity contribution in [2.45, 2.75) is 11.7 Å². The standard InChI is InChI=1S/C22H20ClN5O3S/c1-26-19-18(20(30)27(2)22(26)31)28(12-14-7-6-8-15(23)11-14)21(25-19)32-13-17(29)24-16-9-4-3-5-10-16/h3-11H,12-13H2,1-2H3,(H,24,29). The Kier molecular flexibility index (Phi) is 6.20. The third kappa shape index (κ3) is 4.35. The van der Waals surface area contributed by atoms with Gasteiger partial charge in [-0.2, -0.15) is 0 Å². The summed E-state index contributed by atoms with van der Waals surface area (Å²) in [6.07, 6.45) is 0. The number of fused-ring (bicyclic) bond motifs is 1. The van der Waals surface area contributed by atoms with Crippen molar-refractivity contribution in [1.82, 2.24) is 18.7 Å². The zero-order valence-corrected chi connectivity index (χ0v) is 19.0. The molecular formula is C22H20ClN5O3S. The molecule has 0 aliphatic heterocycles. The van der Waals surface area contributed by atoms with Crippen LogP contribution in [-0.4, -0.2) is 30.3 Å². The average molecular weight is 470 g/mol. The summed E-state index contributed by atoms with van der Waals surface area (Å²) in [5.74, 6) is -0.119. The van der Waals surface area contributed by atoms with Gasteiger partial charge < -0.3 is 9.88 Å². The number of anilines is 1. The summed E-state index contributed by atoms with van der Waals surface area (Å²) < 4.78 is 4.11. The second kappa shape index (κ2) is 9.05. The molecule has 1 N–H and O–H groups in total. The minimum Gasteiger partial charge on any atom is -0.325 e. The van der Waals surface area contributed by atoms with E-state index in [0.717, 1.165) is 10.1 Å². The number of aryl methyl sites for hydroxylation is 1. The van der Waals surface area contributed by atoms with Gasteiger partial charge in [-0.15, -0.1) is 0 Å². The molecule has 0 atom stereocenters. The Hall–Kier alpha value is -3.30. The van der Waals surface area contributed by atoms with Crippen LogP contribution in [-0.2, 0) is 25.4 Å². The van der Waals surface area contributed by atoms with Gasteiger partial charge in [0.25, 0.3) is 5.56 Å². The number of imidazole rings is 1. The van der Waals surface area contributed by atoms with Crippen LogP contribution in [0.1, 0.15) is 5.56 Å². The van der Waals surface area contributed by atoms with Crippen molar-refractivity contribution in [2.24, 2.45) is 14.1 Å². The Morgan fingerprint density at radius 3 is 2.53 bits per heavy atom. The van der Waals surface area contributed by atoms with E-state index < -0.39 is 11.2 Å². The Morgan fingerprint density at radius 1 is 1.06 bits per heavy atom. The molecular weight excluding hydrogens is 450 g/mol. The van der Waals surface area contributed by atoms with E-state index in [9.17, 15) is 14.4 Å². The number of thioether (sulfide) groups is 1. The molecule has 164 valence electrons. The number of nitrogens with zero attached hydrogens (tertiary/aromatic N) is 4. The van der Waals surface area contributed by atoms with Gasteiger partial charge in [0.2, 0.25) is 5.91 Å². The highest BCUT2D eigenvalue weighted by Gasteiger charge is 2.20. The predicted octanol–water partition coefficient (Wildman–Crippen LogP) is 2.87. The highest BCUT2D eigenvalue weighted by molar-refractivity contribution is 7.99. The first-order valence-electron chi connectivity index (χ1n) is 9.73. The highest BCUT2D eigenvalue weighted by Crippen LogP contribution is 2.24. The Balaban J connectivity index is 1.73. The predicted molar refractivity (Wildman–Crippen MR) is 127 cm³/mol. The van der Waals surface area contributed by atoms with Crippen molar-refractivity contribution in [2.75, 3.05) is 11.1 Å². The number of rotatable bonds is 6.